The highest BCUT2D eigenvalue weighted by Crippen LogP contribution is 2.27. The van der Waals surface area contributed by atoms with Gasteiger partial charge in [0, 0.05) is 44.1 Å². The first kappa shape index (κ1) is 21.0. The molecule has 0 atom stereocenters. The highest BCUT2D eigenvalue weighted by Gasteiger charge is 2.22. The number of nitrogens with zero attached hydrogens (tertiary/aromatic N) is 4. The summed E-state index contributed by atoms with van der Waals surface area (Å²) in [5.41, 5.74) is 5.22. The van der Waals surface area contributed by atoms with Crippen molar-refractivity contribution in [1.29, 1.82) is 0 Å². The van der Waals surface area contributed by atoms with E-state index in [9.17, 15) is 4.79 Å². The number of hydrogen-bond acceptors (Lipinski definition) is 6. The van der Waals surface area contributed by atoms with Crippen molar-refractivity contribution < 1.29 is 9.53 Å². The summed E-state index contributed by atoms with van der Waals surface area (Å²) >= 11 is 1.37. The predicted octanol–water partition coefficient (Wildman–Crippen LogP) is 3.55. The fraction of sp³-hybridized carbons (Fsp3) is 0.320. The van der Waals surface area contributed by atoms with Gasteiger partial charge < -0.3 is 9.64 Å². The molecule has 0 aliphatic carbocycles. The Hall–Kier alpha value is -2.90. The molecule has 0 bridgehead atoms. The van der Waals surface area contributed by atoms with Crippen molar-refractivity contribution in [3.63, 3.8) is 0 Å². The number of fused-ring (bicyclic) bond motifs is 2. The first-order valence-electron chi connectivity index (χ1n) is 11.0. The van der Waals surface area contributed by atoms with E-state index in [4.69, 9.17) is 4.74 Å². The molecular formula is C25H26N4O2S. The Morgan fingerprint density at radius 1 is 0.969 bits per heavy atom. The van der Waals surface area contributed by atoms with Crippen molar-refractivity contribution in [3.05, 3.63) is 83.2 Å². The molecule has 0 spiro atoms. The molecule has 1 aromatic heterocycles. The third kappa shape index (κ3) is 4.95. The van der Waals surface area contributed by atoms with Crippen LogP contribution in [0.2, 0.25) is 0 Å². The summed E-state index contributed by atoms with van der Waals surface area (Å²) in [6.45, 7) is 4.61. The van der Waals surface area contributed by atoms with E-state index in [0.29, 0.717) is 30.6 Å². The Kier molecular flexibility index (Phi) is 6.36. The number of carbonyl (C=O) groups is 1. The quantitative estimate of drug-likeness (QED) is 0.441. The van der Waals surface area contributed by atoms with Gasteiger partial charge in [0.15, 0.2) is 5.16 Å². The minimum absolute atomic E-state index is 0.0805. The van der Waals surface area contributed by atoms with E-state index in [1.165, 1.54) is 28.5 Å². The van der Waals surface area contributed by atoms with E-state index in [2.05, 4.69) is 57.3 Å². The van der Waals surface area contributed by atoms with Crippen molar-refractivity contribution in [3.8, 4) is 5.75 Å². The lowest BCUT2D eigenvalue weighted by atomic mass is 9.99. The topological polar surface area (TPSA) is 58.6 Å². The number of thioether (sulfide) groups is 1. The van der Waals surface area contributed by atoms with Gasteiger partial charge in [-0.1, -0.05) is 42.1 Å². The zero-order chi connectivity index (χ0) is 21.8. The van der Waals surface area contributed by atoms with Crippen LogP contribution in [-0.2, 0) is 30.8 Å². The highest BCUT2D eigenvalue weighted by molar-refractivity contribution is 7.99. The molecule has 1 amide bonds. The lowest BCUT2D eigenvalue weighted by Crippen LogP contribution is -2.33. The van der Waals surface area contributed by atoms with Crippen LogP contribution < -0.4 is 4.74 Å². The summed E-state index contributed by atoms with van der Waals surface area (Å²) in [5.74, 6) is 1.29. The number of ether oxygens (including phenoxy) is 1. The SMILES string of the molecule is O=C(CSc1ncccn1)N1CCOc2ccc(CN3CCc4ccccc4C3)cc2C1. The number of amides is 1. The Bertz CT molecular complexity index is 1090. The van der Waals surface area contributed by atoms with E-state index in [1.807, 2.05) is 4.90 Å². The van der Waals surface area contributed by atoms with Crippen LogP contribution in [0.15, 0.2) is 66.1 Å². The molecule has 3 aromatic rings. The molecule has 7 heteroatoms. The Morgan fingerprint density at radius 2 is 1.81 bits per heavy atom. The maximum absolute atomic E-state index is 12.8. The molecule has 2 aliphatic rings. The maximum atomic E-state index is 12.8. The third-order valence-electron chi connectivity index (χ3n) is 5.94. The molecule has 0 N–H and O–H groups in total. The molecule has 3 heterocycles. The number of benzene rings is 2. The average Bonchev–Trinajstić information content (AvgIpc) is 3.05. The van der Waals surface area contributed by atoms with Gasteiger partial charge in [-0.2, -0.15) is 0 Å². The van der Waals surface area contributed by atoms with Gasteiger partial charge in [0.2, 0.25) is 5.91 Å². The van der Waals surface area contributed by atoms with Crippen LogP contribution in [0.5, 0.6) is 5.75 Å². The summed E-state index contributed by atoms with van der Waals surface area (Å²) < 4.78 is 5.94. The monoisotopic (exact) mass is 446 g/mol. The zero-order valence-corrected chi connectivity index (χ0v) is 18.8. The first-order valence-corrected chi connectivity index (χ1v) is 11.9. The zero-order valence-electron chi connectivity index (χ0n) is 17.9. The summed E-state index contributed by atoms with van der Waals surface area (Å²) in [6, 6.07) is 16.9. The van der Waals surface area contributed by atoms with Crippen molar-refractivity contribution in [2.75, 3.05) is 25.4 Å². The molecule has 2 aliphatic heterocycles. The van der Waals surface area contributed by atoms with Gasteiger partial charge in [-0.3, -0.25) is 9.69 Å². The van der Waals surface area contributed by atoms with Gasteiger partial charge in [0.1, 0.15) is 12.4 Å². The molecule has 6 nitrogen and oxygen atoms in total. The van der Waals surface area contributed by atoms with E-state index in [-0.39, 0.29) is 5.91 Å². The van der Waals surface area contributed by atoms with Crippen LogP contribution in [0.4, 0.5) is 0 Å². The largest absolute Gasteiger partial charge is 0.491 e. The standard InChI is InChI=1S/C25H26N4O2S/c30-24(18-32-25-26-9-3-10-27-25)29-12-13-31-23-7-6-19(14-22(23)17-29)15-28-11-8-20-4-1-2-5-21(20)16-28/h1-7,9-10,14H,8,11-13,15-18H2. The van der Waals surface area contributed by atoms with E-state index >= 15 is 0 Å². The third-order valence-corrected chi connectivity index (χ3v) is 6.80. The molecular weight excluding hydrogens is 420 g/mol. The van der Waals surface area contributed by atoms with Crippen molar-refractivity contribution in [2.24, 2.45) is 0 Å². The molecule has 2 aromatic carbocycles. The average molecular weight is 447 g/mol. The van der Waals surface area contributed by atoms with Gasteiger partial charge in [-0.15, -0.1) is 0 Å². The first-order chi connectivity index (χ1) is 15.7. The van der Waals surface area contributed by atoms with E-state index in [1.54, 1.807) is 18.5 Å². The molecule has 5 rings (SSSR count). The van der Waals surface area contributed by atoms with Gasteiger partial charge in [-0.05, 0) is 41.3 Å². The number of carbonyl (C=O) groups excluding carboxylic acids is 1. The van der Waals surface area contributed by atoms with Crippen LogP contribution in [0, 0.1) is 0 Å². The van der Waals surface area contributed by atoms with E-state index in [0.717, 1.165) is 37.4 Å². The molecule has 164 valence electrons. The number of aromatic nitrogens is 2. The van der Waals surface area contributed by atoms with Crippen LogP contribution in [-0.4, -0.2) is 51.1 Å². The van der Waals surface area contributed by atoms with Gasteiger partial charge >= 0.3 is 0 Å². The summed E-state index contributed by atoms with van der Waals surface area (Å²) in [4.78, 5) is 25.6. The Labute approximate surface area is 192 Å². The van der Waals surface area contributed by atoms with Crippen LogP contribution in [0.3, 0.4) is 0 Å². The van der Waals surface area contributed by atoms with Crippen molar-refractivity contribution in [2.45, 2.75) is 31.2 Å². The summed E-state index contributed by atoms with van der Waals surface area (Å²) in [5, 5.41) is 0.623. The second-order valence-electron chi connectivity index (χ2n) is 8.16. The lowest BCUT2D eigenvalue weighted by Gasteiger charge is -2.29. The fourth-order valence-electron chi connectivity index (χ4n) is 4.28. The smallest absolute Gasteiger partial charge is 0.233 e. The molecule has 0 unspecified atom stereocenters. The van der Waals surface area contributed by atoms with Gasteiger partial charge in [-0.25, -0.2) is 9.97 Å². The second-order valence-corrected chi connectivity index (χ2v) is 9.10. The lowest BCUT2D eigenvalue weighted by molar-refractivity contribution is -0.129. The molecule has 0 saturated heterocycles. The molecule has 0 fully saturated rings. The second kappa shape index (κ2) is 9.71. The van der Waals surface area contributed by atoms with Gasteiger partial charge in [0.25, 0.3) is 0 Å². The van der Waals surface area contributed by atoms with E-state index < -0.39 is 0 Å². The van der Waals surface area contributed by atoms with Crippen LogP contribution >= 0.6 is 11.8 Å². The number of rotatable bonds is 5. The molecule has 32 heavy (non-hydrogen) atoms. The van der Waals surface area contributed by atoms with Gasteiger partial charge in [0.05, 0.1) is 12.3 Å². The van der Waals surface area contributed by atoms with Crippen molar-refractivity contribution in [1.82, 2.24) is 19.8 Å². The minimum atomic E-state index is 0.0805. The van der Waals surface area contributed by atoms with Crippen LogP contribution in [0.25, 0.3) is 0 Å². The summed E-state index contributed by atoms with van der Waals surface area (Å²) in [7, 11) is 0. The maximum Gasteiger partial charge on any atom is 0.233 e. The molecule has 0 radical (unpaired) electrons. The molecule has 0 saturated carbocycles. The summed E-state index contributed by atoms with van der Waals surface area (Å²) in [6.07, 6.45) is 4.48. The van der Waals surface area contributed by atoms with Crippen molar-refractivity contribution >= 4 is 17.7 Å². The minimum Gasteiger partial charge on any atom is -0.491 e. The predicted molar refractivity (Wildman–Crippen MR) is 124 cm³/mol. The normalized spacial score (nSPS) is 15.9. The number of hydrogen-bond donors (Lipinski definition) is 0. The highest BCUT2D eigenvalue weighted by atomic mass is 32.2. The Balaban J connectivity index is 1.24. The Morgan fingerprint density at radius 3 is 2.69 bits per heavy atom. The fourth-order valence-corrected chi connectivity index (χ4v) is 4.99. The van der Waals surface area contributed by atoms with Crippen LogP contribution in [0.1, 0.15) is 22.3 Å².